The molecule has 4 heteroatoms. The Morgan fingerprint density at radius 3 is 2.59 bits per heavy atom. The van der Waals surface area contributed by atoms with Crippen LogP contribution in [-0.2, 0) is 14.2 Å². The zero-order chi connectivity index (χ0) is 16.8. The molecule has 0 aromatic heterocycles. The van der Waals surface area contributed by atoms with Gasteiger partial charge in [-0.3, -0.25) is 0 Å². The topological polar surface area (TPSA) is 44.8 Å². The highest BCUT2D eigenvalue weighted by Crippen LogP contribution is 2.41. The molecule has 0 radical (unpaired) electrons. The van der Waals surface area contributed by atoms with Crippen LogP contribution in [0.15, 0.2) is 0 Å². The van der Waals surface area contributed by atoms with Crippen molar-refractivity contribution in [2.75, 3.05) is 13.2 Å². The molecule has 2 unspecified atom stereocenters. The first kappa shape index (κ1) is 19.3. The largest absolute Gasteiger partial charge is 0.508 e. The number of carbonyl (C=O) groups excluding carboxylic acids is 1. The van der Waals surface area contributed by atoms with Crippen molar-refractivity contribution in [1.82, 2.24) is 0 Å². The summed E-state index contributed by atoms with van der Waals surface area (Å²) in [6.07, 6.45) is 5.35. The Hall–Kier alpha value is -0.770. The minimum Gasteiger partial charge on any atom is -0.434 e. The summed E-state index contributed by atoms with van der Waals surface area (Å²) in [5.74, 6) is 0.579. The molecular formula is C18H34O4. The predicted molar refractivity (Wildman–Crippen MR) is 88.0 cm³/mol. The summed E-state index contributed by atoms with van der Waals surface area (Å²) in [5.41, 5.74) is -0.0859. The lowest BCUT2D eigenvalue weighted by Crippen LogP contribution is -2.40. The van der Waals surface area contributed by atoms with Gasteiger partial charge in [0.2, 0.25) is 0 Å². The normalized spacial score (nSPS) is 22.9. The molecule has 0 saturated heterocycles. The average Bonchev–Trinajstić information content (AvgIpc) is 2.41. The Morgan fingerprint density at radius 2 is 2.00 bits per heavy atom. The average molecular weight is 314 g/mol. The summed E-state index contributed by atoms with van der Waals surface area (Å²) in [7, 11) is 0. The summed E-state index contributed by atoms with van der Waals surface area (Å²) in [4.78, 5) is 11.4. The Kier molecular flexibility index (Phi) is 7.17. The maximum Gasteiger partial charge on any atom is 0.508 e. The second kappa shape index (κ2) is 8.19. The van der Waals surface area contributed by atoms with Crippen LogP contribution in [0.2, 0.25) is 0 Å². The van der Waals surface area contributed by atoms with E-state index in [0.29, 0.717) is 17.9 Å². The van der Waals surface area contributed by atoms with Gasteiger partial charge in [-0.25, -0.2) is 4.79 Å². The summed E-state index contributed by atoms with van der Waals surface area (Å²) in [6, 6.07) is 0. The van der Waals surface area contributed by atoms with Crippen LogP contribution in [-0.4, -0.2) is 31.1 Å². The van der Waals surface area contributed by atoms with Gasteiger partial charge in [-0.1, -0.05) is 27.2 Å². The number of rotatable bonds is 7. The molecule has 0 aromatic rings. The smallest absolute Gasteiger partial charge is 0.434 e. The van der Waals surface area contributed by atoms with E-state index >= 15 is 0 Å². The molecule has 1 saturated carbocycles. The summed E-state index contributed by atoms with van der Waals surface area (Å²) < 4.78 is 16.3. The van der Waals surface area contributed by atoms with E-state index in [2.05, 4.69) is 20.8 Å². The van der Waals surface area contributed by atoms with Gasteiger partial charge >= 0.3 is 6.16 Å². The van der Waals surface area contributed by atoms with Gasteiger partial charge in [-0.05, 0) is 57.8 Å². The van der Waals surface area contributed by atoms with Crippen LogP contribution >= 0.6 is 0 Å². The first-order valence-corrected chi connectivity index (χ1v) is 8.62. The maximum atomic E-state index is 11.4. The highest BCUT2D eigenvalue weighted by molar-refractivity contribution is 5.59. The van der Waals surface area contributed by atoms with Crippen molar-refractivity contribution in [3.05, 3.63) is 0 Å². The number of carbonyl (C=O) groups is 1. The zero-order valence-corrected chi connectivity index (χ0v) is 15.2. The van der Waals surface area contributed by atoms with E-state index in [1.54, 1.807) is 0 Å². The van der Waals surface area contributed by atoms with Crippen molar-refractivity contribution < 1.29 is 19.0 Å². The van der Waals surface area contributed by atoms with Crippen molar-refractivity contribution in [2.45, 2.75) is 85.4 Å². The number of hydrogen-bond donors (Lipinski definition) is 0. The molecule has 0 N–H and O–H groups in total. The lowest BCUT2D eigenvalue weighted by molar-refractivity contribution is -0.125. The highest BCUT2D eigenvalue weighted by Gasteiger charge is 2.34. The molecule has 130 valence electrons. The molecule has 2 atom stereocenters. The van der Waals surface area contributed by atoms with E-state index in [0.717, 1.165) is 6.42 Å². The lowest BCUT2D eigenvalue weighted by atomic mass is 9.71. The third kappa shape index (κ3) is 6.99. The maximum absolute atomic E-state index is 11.4. The van der Waals surface area contributed by atoms with Crippen LogP contribution in [0.5, 0.6) is 0 Å². The molecule has 22 heavy (non-hydrogen) atoms. The van der Waals surface area contributed by atoms with Crippen molar-refractivity contribution in [3.63, 3.8) is 0 Å². The first-order chi connectivity index (χ1) is 10.2. The number of hydrogen-bond acceptors (Lipinski definition) is 4. The standard InChI is InChI=1S/C18H34O4/c1-7-11-20-16(19)21-13-18(5,6)22-14(2)15-9-8-10-17(3,4)12-15/h14-15H,7-13H2,1-6H3. The van der Waals surface area contributed by atoms with Crippen LogP contribution in [0.25, 0.3) is 0 Å². The molecule has 1 aliphatic carbocycles. The zero-order valence-electron chi connectivity index (χ0n) is 15.2. The van der Waals surface area contributed by atoms with E-state index < -0.39 is 11.8 Å². The van der Waals surface area contributed by atoms with E-state index in [9.17, 15) is 4.79 Å². The fourth-order valence-corrected chi connectivity index (χ4v) is 3.25. The molecule has 0 aliphatic heterocycles. The fourth-order valence-electron chi connectivity index (χ4n) is 3.25. The Morgan fingerprint density at radius 1 is 1.32 bits per heavy atom. The van der Waals surface area contributed by atoms with Crippen LogP contribution in [0.3, 0.4) is 0 Å². The fraction of sp³-hybridized carbons (Fsp3) is 0.944. The number of ether oxygens (including phenoxy) is 3. The summed E-state index contributed by atoms with van der Waals surface area (Å²) >= 11 is 0. The Labute approximate surface area is 135 Å². The van der Waals surface area contributed by atoms with Gasteiger partial charge in [0.05, 0.1) is 18.3 Å². The van der Waals surface area contributed by atoms with Gasteiger partial charge in [0.15, 0.2) is 0 Å². The van der Waals surface area contributed by atoms with Crippen LogP contribution < -0.4 is 0 Å². The molecule has 0 spiro atoms. The van der Waals surface area contributed by atoms with Crippen molar-refractivity contribution in [3.8, 4) is 0 Å². The van der Waals surface area contributed by atoms with Gasteiger partial charge in [0.1, 0.15) is 6.61 Å². The molecule has 4 nitrogen and oxygen atoms in total. The molecule has 1 rings (SSSR count). The molecule has 0 aromatic carbocycles. The molecule has 1 aliphatic rings. The van der Waals surface area contributed by atoms with E-state index in [1.807, 2.05) is 20.8 Å². The molecule has 1 fully saturated rings. The molecule has 0 bridgehead atoms. The van der Waals surface area contributed by atoms with Crippen molar-refractivity contribution >= 4 is 6.16 Å². The monoisotopic (exact) mass is 314 g/mol. The second-order valence-electron chi connectivity index (χ2n) is 7.99. The Bertz CT molecular complexity index is 349. The SMILES string of the molecule is CCCOC(=O)OCC(C)(C)OC(C)C1CCCC(C)(C)C1. The summed E-state index contributed by atoms with van der Waals surface area (Å²) in [6.45, 7) is 13.3. The van der Waals surface area contributed by atoms with E-state index in [4.69, 9.17) is 14.2 Å². The van der Waals surface area contributed by atoms with Gasteiger partial charge in [-0.2, -0.15) is 0 Å². The third-order valence-electron chi connectivity index (χ3n) is 4.37. The molecular weight excluding hydrogens is 280 g/mol. The third-order valence-corrected chi connectivity index (χ3v) is 4.37. The second-order valence-corrected chi connectivity index (χ2v) is 7.99. The molecule has 0 heterocycles. The minimum atomic E-state index is -0.607. The van der Waals surface area contributed by atoms with Gasteiger partial charge < -0.3 is 14.2 Å². The van der Waals surface area contributed by atoms with E-state index in [-0.39, 0.29) is 12.7 Å². The quantitative estimate of drug-likeness (QED) is 0.624. The van der Waals surface area contributed by atoms with Gasteiger partial charge in [0, 0.05) is 0 Å². The predicted octanol–water partition coefficient (Wildman–Crippen LogP) is 4.95. The van der Waals surface area contributed by atoms with Crippen LogP contribution in [0.1, 0.15) is 73.6 Å². The van der Waals surface area contributed by atoms with Crippen LogP contribution in [0.4, 0.5) is 4.79 Å². The van der Waals surface area contributed by atoms with Gasteiger partial charge in [0.25, 0.3) is 0 Å². The molecule has 0 amide bonds. The lowest BCUT2D eigenvalue weighted by Gasteiger charge is -2.40. The first-order valence-electron chi connectivity index (χ1n) is 8.62. The van der Waals surface area contributed by atoms with Crippen molar-refractivity contribution in [1.29, 1.82) is 0 Å². The summed E-state index contributed by atoms with van der Waals surface area (Å²) in [5, 5.41) is 0. The van der Waals surface area contributed by atoms with Gasteiger partial charge in [-0.15, -0.1) is 0 Å². The highest BCUT2D eigenvalue weighted by atomic mass is 16.7. The Balaban J connectivity index is 2.40. The van der Waals surface area contributed by atoms with E-state index in [1.165, 1.54) is 25.7 Å². The minimum absolute atomic E-state index is 0.171. The van der Waals surface area contributed by atoms with Crippen molar-refractivity contribution in [2.24, 2.45) is 11.3 Å². The van der Waals surface area contributed by atoms with Crippen LogP contribution in [0, 0.1) is 11.3 Å².